The molecule has 4 heteroatoms. The van der Waals surface area contributed by atoms with Gasteiger partial charge < -0.3 is 14.9 Å². The van der Waals surface area contributed by atoms with Gasteiger partial charge in [-0.15, -0.1) is 0 Å². The minimum Gasteiger partial charge on any atom is -0.497 e. The molecule has 1 aromatic carbocycles. The lowest BCUT2D eigenvalue weighted by atomic mass is 10.1. The van der Waals surface area contributed by atoms with Gasteiger partial charge in [-0.25, -0.2) is 4.98 Å². The molecule has 3 rings (SSSR count). The molecule has 0 amide bonds. The molecule has 0 saturated heterocycles. The third-order valence-electron chi connectivity index (χ3n) is 3.33. The van der Waals surface area contributed by atoms with Gasteiger partial charge in [0, 0.05) is 18.2 Å². The molecule has 0 spiro atoms. The SMILES string of the molecule is COc1cccc(-c2nc(CCN)n3ccccc23)c1. The standard InChI is InChI=1S/C16H17N3O/c1-20-13-6-4-5-12(11-13)16-14-7-2-3-10-19(14)15(18-16)8-9-17/h2-7,10-11H,8-9,17H2,1H3. The summed E-state index contributed by atoms with van der Waals surface area (Å²) >= 11 is 0. The van der Waals surface area contributed by atoms with Crippen LogP contribution >= 0.6 is 0 Å². The number of nitrogens with two attached hydrogens (primary N) is 1. The highest BCUT2D eigenvalue weighted by Gasteiger charge is 2.12. The number of benzene rings is 1. The van der Waals surface area contributed by atoms with E-state index in [0.29, 0.717) is 6.54 Å². The second-order valence-corrected chi connectivity index (χ2v) is 4.60. The molecule has 0 unspecified atom stereocenters. The number of methoxy groups -OCH3 is 1. The van der Waals surface area contributed by atoms with E-state index >= 15 is 0 Å². The first-order valence-electron chi connectivity index (χ1n) is 6.64. The van der Waals surface area contributed by atoms with Gasteiger partial charge in [-0.2, -0.15) is 0 Å². The highest BCUT2D eigenvalue weighted by Crippen LogP contribution is 2.27. The summed E-state index contributed by atoms with van der Waals surface area (Å²) in [5.74, 6) is 1.82. The minimum absolute atomic E-state index is 0.589. The summed E-state index contributed by atoms with van der Waals surface area (Å²) in [5.41, 5.74) is 8.78. The zero-order valence-corrected chi connectivity index (χ0v) is 11.4. The Morgan fingerprint density at radius 2 is 2.10 bits per heavy atom. The van der Waals surface area contributed by atoms with Crippen molar-refractivity contribution in [3.8, 4) is 17.0 Å². The molecule has 2 aromatic heterocycles. The summed E-state index contributed by atoms with van der Waals surface area (Å²) < 4.78 is 7.39. The van der Waals surface area contributed by atoms with Crippen LogP contribution in [0.3, 0.4) is 0 Å². The van der Waals surface area contributed by atoms with E-state index in [4.69, 9.17) is 15.5 Å². The maximum Gasteiger partial charge on any atom is 0.119 e. The van der Waals surface area contributed by atoms with Crippen LogP contribution in [0, 0.1) is 0 Å². The van der Waals surface area contributed by atoms with Gasteiger partial charge in [-0.05, 0) is 30.8 Å². The molecule has 3 aromatic rings. The fourth-order valence-electron chi connectivity index (χ4n) is 2.39. The summed E-state index contributed by atoms with van der Waals surface area (Å²) in [4.78, 5) is 4.75. The molecule has 0 aliphatic carbocycles. The number of aromatic nitrogens is 2. The molecule has 2 heterocycles. The molecule has 0 radical (unpaired) electrons. The Morgan fingerprint density at radius 3 is 2.90 bits per heavy atom. The van der Waals surface area contributed by atoms with Gasteiger partial charge in [0.25, 0.3) is 0 Å². The second kappa shape index (κ2) is 5.35. The van der Waals surface area contributed by atoms with Crippen molar-refractivity contribution in [2.24, 2.45) is 5.73 Å². The van der Waals surface area contributed by atoms with E-state index in [2.05, 4.69) is 10.5 Å². The van der Waals surface area contributed by atoms with E-state index in [1.54, 1.807) is 7.11 Å². The lowest BCUT2D eigenvalue weighted by molar-refractivity contribution is 0.415. The van der Waals surface area contributed by atoms with Crippen LogP contribution in [-0.4, -0.2) is 23.0 Å². The fourth-order valence-corrected chi connectivity index (χ4v) is 2.39. The first-order valence-corrected chi connectivity index (χ1v) is 6.64. The summed E-state index contributed by atoms with van der Waals surface area (Å²) in [7, 11) is 1.67. The predicted octanol–water partition coefficient (Wildman–Crippen LogP) is 2.51. The van der Waals surface area contributed by atoms with Crippen molar-refractivity contribution in [2.45, 2.75) is 6.42 Å². The van der Waals surface area contributed by atoms with Gasteiger partial charge in [-0.1, -0.05) is 18.2 Å². The number of ether oxygens (including phenoxy) is 1. The highest BCUT2D eigenvalue weighted by atomic mass is 16.5. The average molecular weight is 267 g/mol. The molecule has 0 atom stereocenters. The van der Waals surface area contributed by atoms with Crippen molar-refractivity contribution in [1.29, 1.82) is 0 Å². The van der Waals surface area contributed by atoms with Gasteiger partial charge in [0.05, 0.1) is 18.3 Å². The number of fused-ring (bicyclic) bond motifs is 1. The Bertz CT molecular complexity index is 733. The molecule has 0 bridgehead atoms. The van der Waals surface area contributed by atoms with Gasteiger partial charge in [0.1, 0.15) is 11.6 Å². The van der Waals surface area contributed by atoms with Crippen LogP contribution in [0.5, 0.6) is 5.75 Å². The van der Waals surface area contributed by atoms with Gasteiger partial charge in [0.15, 0.2) is 0 Å². The smallest absolute Gasteiger partial charge is 0.119 e. The average Bonchev–Trinajstić information content (AvgIpc) is 2.87. The molecule has 0 fully saturated rings. The van der Waals surface area contributed by atoms with Crippen molar-refractivity contribution in [1.82, 2.24) is 9.38 Å². The van der Waals surface area contributed by atoms with Crippen LogP contribution in [0.4, 0.5) is 0 Å². The molecule has 0 aliphatic rings. The Balaban J connectivity index is 2.19. The molecule has 0 aliphatic heterocycles. The first kappa shape index (κ1) is 12.7. The van der Waals surface area contributed by atoms with Crippen molar-refractivity contribution >= 4 is 5.52 Å². The molecule has 2 N–H and O–H groups in total. The number of rotatable bonds is 4. The van der Waals surface area contributed by atoms with Crippen molar-refractivity contribution in [2.75, 3.05) is 13.7 Å². The predicted molar refractivity (Wildman–Crippen MR) is 79.9 cm³/mol. The molecular formula is C16H17N3O. The van der Waals surface area contributed by atoms with Crippen molar-refractivity contribution in [3.05, 3.63) is 54.5 Å². The van der Waals surface area contributed by atoms with Crippen LogP contribution in [0.15, 0.2) is 48.7 Å². The molecule has 20 heavy (non-hydrogen) atoms. The zero-order valence-electron chi connectivity index (χ0n) is 11.4. The number of hydrogen-bond donors (Lipinski definition) is 1. The number of pyridine rings is 1. The number of imidazole rings is 1. The van der Waals surface area contributed by atoms with Crippen molar-refractivity contribution < 1.29 is 4.74 Å². The number of nitrogens with zero attached hydrogens (tertiary/aromatic N) is 2. The Morgan fingerprint density at radius 1 is 1.20 bits per heavy atom. The summed E-state index contributed by atoms with van der Waals surface area (Å²) in [6.07, 6.45) is 2.78. The Labute approximate surface area is 117 Å². The largest absolute Gasteiger partial charge is 0.497 e. The highest BCUT2D eigenvalue weighted by molar-refractivity contribution is 5.78. The van der Waals surface area contributed by atoms with E-state index in [0.717, 1.165) is 34.8 Å². The van der Waals surface area contributed by atoms with Crippen LogP contribution in [0.1, 0.15) is 5.82 Å². The quantitative estimate of drug-likeness (QED) is 0.790. The first-order chi connectivity index (χ1) is 9.83. The van der Waals surface area contributed by atoms with Crippen LogP contribution in [0.2, 0.25) is 0 Å². The third-order valence-corrected chi connectivity index (χ3v) is 3.33. The van der Waals surface area contributed by atoms with Gasteiger partial charge in [0.2, 0.25) is 0 Å². The summed E-state index contributed by atoms with van der Waals surface area (Å²) in [6.45, 7) is 0.589. The van der Waals surface area contributed by atoms with E-state index < -0.39 is 0 Å². The molecule has 0 saturated carbocycles. The van der Waals surface area contributed by atoms with Crippen LogP contribution in [-0.2, 0) is 6.42 Å². The second-order valence-electron chi connectivity index (χ2n) is 4.60. The lowest BCUT2D eigenvalue weighted by Crippen LogP contribution is -2.06. The maximum absolute atomic E-state index is 5.67. The molecular weight excluding hydrogens is 250 g/mol. The van der Waals surface area contributed by atoms with E-state index in [1.165, 1.54) is 0 Å². The van der Waals surface area contributed by atoms with E-state index in [1.807, 2.05) is 42.6 Å². The monoisotopic (exact) mass is 267 g/mol. The third kappa shape index (κ3) is 2.14. The van der Waals surface area contributed by atoms with Crippen molar-refractivity contribution in [3.63, 3.8) is 0 Å². The lowest BCUT2D eigenvalue weighted by Gasteiger charge is -2.02. The fraction of sp³-hybridized carbons (Fsp3) is 0.188. The van der Waals surface area contributed by atoms with E-state index in [-0.39, 0.29) is 0 Å². The topological polar surface area (TPSA) is 52.5 Å². The maximum atomic E-state index is 5.67. The number of hydrogen-bond acceptors (Lipinski definition) is 3. The normalized spacial score (nSPS) is 10.9. The summed E-state index contributed by atoms with van der Waals surface area (Å²) in [6, 6.07) is 14.1. The van der Waals surface area contributed by atoms with Crippen LogP contribution < -0.4 is 10.5 Å². The molecule has 4 nitrogen and oxygen atoms in total. The Kier molecular flexibility index (Phi) is 3.39. The Hall–Kier alpha value is -2.33. The van der Waals surface area contributed by atoms with E-state index in [9.17, 15) is 0 Å². The zero-order chi connectivity index (χ0) is 13.9. The van der Waals surface area contributed by atoms with Gasteiger partial charge in [-0.3, -0.25) is 0 Å². The van der Waals surface area contributed by atoms with Gasteiger partial charge >= 0.3 is 0 Å². The summed E-state index contributed by atoms with van der Waals surface area (Å²) in [5, 5.41) is 0. The van der Waals surface area contributed by atoms with Crippen LogP contribution in [0.25, 0.3) is 16.8 Å². The molecule has 102 valence electrons. The minimum atomic E-state index is 0.589.